The maximum Gasteiger partial charge on any atom is 0.265 e. The van der Waals surface area contributed by atoms with E-state index in [0.717, 1.165) is 0 Å². The molecule has 0 spiro atoms. The molecule has 0 atom stereocenters. The third-order valence-corrected chi connectivity index (χ3v) is 3.41. The maximum absolute atomic E-state index is 12.4. The SMILES string of the molecule is C=CCN1C(=O)C(=Cc2ccc(OCC)c(O)c2)C(=O)NC1=S. The van der Waals surface area contributed by atoms with Crippen LogP contribution >= 0.6 is 12.2 Å². The molecule has 1 saturated heterocycles. The molecule has 7 heteroatoms. The molecule has 0 aliphatic carbocycles. The summed E-state index contributed by atoms with van der Waals surface area (Å²) in [4.78, 5) is 25.6. The summed E-state index contributed by atoms with van der Waals surface area (Å²) in [5, 5.41) is 12.4. The molecule has 0 bridgehead atoms. The van der Waals surface area contributed by atoms with E-state index in [0.29, 0.717) is 17.9 Å². The van der Waals surface area contributed by atoms with E-state index in [1.54, 1.807) is 19.1 Å². The normalized spacial score (nSPS) is 16.5. The van der Waals surface area contributed by atoms with Crippen molar-refractivity contribution in [3.8, 4) is 11.5 Å². The number of nitrogens with zero attached hydrogens (tertiary/aromatic N) is 1. The Hall–Kier alpha value is -2.67. The number of nitrogens with one attached hydrogen (secondary N) is 1. The molecule has 1 heterocycles. The molecule has 2 rings (SSSR count). The lowest BCUT2D eigenvalue weighted by molar-refractivity contribution is -0.128. The molecular weight excluding hydrogens is 316 g/mol. The molecule has 2 N–H and O–H groups in total. The van der Waals surface area contributed by atoms with Crippen molar-refractivity contribution >= 4 is 35.2 Å². The summed E-state index contributed by atoms with van der Waals surface area (Å²) in [6.45, 7) is 5.98. The highest BCUT2D eigenvalue weighted by Gasteiger charge is 2.32. The molecule has 1 aliphatic heterocycles. The molecule has 1 aliphatic rings. The molecule has 2 amide bonds. The number of amides is 2. The molecule has 6 nitrogen and oxygen atoms in total. The molecule has 1 aromatic carbocycles. The summed E-state index contributed by atoms with van der Waals surface area (Å²) >= 11 is 4.97. The zero-order chi connectivity index (χ0) is 17.0. The van der Waals surface area contributed by atoms with Crippen LogP contribution in [0.4, 0.5) is 0 Å². The van der Waals surface area contributed by atoms with Crippen molar-refractivity contribution < 1.29 is 19.4 Å². The van der Waals surface area contributed by atoms with E-state index >= 15 is 0 Å². The minimum atomic E-state index is -0.575. The fraction of sp³-hybridized carbons (Fsp3) is 0.188. The molecular formula is C16H16N2O4S. The van der Waals surface area contributed by atoms with Crippen molar-refractivity contribution in [2.24, 2.45) is 0 Å². The van der Waals surface area contributed by atoms with Gasteiger partial charge in [0.2, 0.25) is 0 Å². The second kappa shape index (κ2) is 7.06. The van der Waals surface area contributed by atoms with Gasteiger partial charge >= 0.3 is 0 Å². The van der Waals surface area contributed by atoms with E-state index in [-0.39, 0.29) is 23.0 Å². The lowest BCUT2D eigenvalue weighted by atomic mass is 10.1. The standard InChI is InChI=1S/C16H16N2O4S/c1-3-7-18-15(21)11(14(20)17-16(18)23)8-10-5-6-13(22-4-2)12(19)9-10/h3,5-6,8-9,19H,1,4,7H2,2H3,(H,17,20,23). The quantitative estimate of drug-likeness (QED) is 0.371. The highest BCUT2D eigenvalue weighted by atomic mass is 32.1. The van der Waals surface area contributed by atoms with Gasteiger partial charge in [0.1, 0.15) is 5.57 Å². The molecule has 1 fully saturated rings. The summed E-state index contributed by atoms with van der Waals surface area (Å²) in [7, 11) is 0. The van der Waals surface area contributed by atoms with E-state index in [1.807, 2.05) is 0 Å². The predicted octanol–water partition coefficient (Wildman–Crippen LogP) is 1.60. The van der Waals surface area contributed by atoms with Crippen LogP contribution in [0.25, 0.3) is 6.08 Å². The van der Waals surface area contributed by atoms with Crippen molar-refractivity contribution in [1.82, 2.24) is 10.2 Å². The Morgan fingerprint density at radius 3 is 2.78 bits per heavy atom. The Labute approximate surface area is 139 Å². The van der Waals surface area contributed by atoms with Gasteiger partial charge in [-0.2, -0.15) is 0 Å². The highest BCUT2D eigenvalue weighted by Crippen LogP contribution is 2.28. The van der Waals surface area contributed by atoms with Crippen molar-refractivity contribution in [1.29, 1.82) is 0 Å². The van der Waals surface area contributed by atoms with Crippen molar-refractivity contribution in [2.45, 2.75) is 6.92 Å². The third kappa shape index (κ3) is 3.57. The topological polar surface area (TPSA) is 78.9 Å². The number of phenols is 1. The maximum atomic E-state index is 12.4. The first-order chi connectivity index (χ1) is 11.0. The average molecular weight is 332 g/mol. The predicted molar refractivity (Wildman–Crippen MR) is 89.9 cm³/mol. The number of ether oxygens (including phenoxy) is 1. The van der Waals surface area contributed by atoms with Gasteiger partial charge < -0.3 is 9.84 Å². The summed E-state index contributed by atoms with van der Waals surface area (Å²) in [6, 6.07) is 4.63. The summed E-state index contributed by atoms with van der Waals surface area (Å²) in [5.41, 5.74) is 0.430. The van der Waals surface area contributed by atoms with Crippen molar-refractivity contribution in [2.75, 3.05) is 13.2 Å². The number of aromatic hydroxyl groups is 1. The van der Waals surface area contributed by atoms with E-state index in [2.05, 4.69) is 11.9 Å². The van der Waals surface area contributed by atoms with Gasteiger partial charge in [-0.15, -0.1) is 6.58 Å². The van der Waals surface area contributed by atoms with E-state index in [9.17, 15) is 14.7 Å². The van der Waals surface area contributed by atoms with Gasteiger partial charge in [-0.25, -0.2) is 0 Å². The molecule has 1 aromatic rings. The van der Waals surface area contributed by atoms with Crippen LogP contribution in [0.5, 0.6) is 11.5 Å². The first kappa shape index (κ1) is 16.7. The Balaban J connectivity index is 2.35. The molecule has 0 radical (unpaired) electrons. The van der Waals surface area contributed by atoms with Gasteiger partial charge in [0, 0.05) is 6.54 Å². The third-order valence-electron chi connectivity index (χ3n) is 3.09. The smallest absolute Gasteiger partial charge is 0.265 e. The van der Waals surface area contributed by atoms with Gasteiger partial charge in [-0.1, -0.05) is 12.1 Å². The van der Waals surface area contributed by atoms with Gasteiger partial charge in [0.25, 0.3) is 11.8 Å². The van der Waals surface area contributed by atoms with E-state index < -0.39 is 11.8 Å². The van der Waals surface area contributed by atoms with Gasteiger partial charge in [0.15, 0.2) is 16.6 Å². The monoisotopic (exact) mass is 332 g/mol. The number of hydrogen-bond acceptors (Lipinski definition) is 5. The number of carbonyl (C=O) groups is 2. The van der Waals surface area contributed by atoms with Gasteiger partial charge in [-0.3, -0.25) is 19.8 Å². The average Bonchev–Trinajstić information content (AvgIpc) is 2.50. The van der Waals surface area contributed by atoms with E-state index in [1.165, 1.54) is 23.1 Å². The van der Waals surface area contributed by atoms with Crippen molar-refractivity contribution in [3.63, 3.8) is 0 Å². The van der Waals surface area contributed by atoms with Crippen LogP contribution < -0.4 is 10.1 Å². The number of carbonyl (C=O) groups excluding carboxylic acids is 2. The fourth-order valence-corrected chi connectivity index (χ4v) is 2.31. The van der Waals surface area contributed by atoms with Gasteiger partial charge in [0.05, 0.1) is 6.61 Å². The van der Waals surface area contributed by atoms with Crippen LogP contribution in [0.3, 0.4) is 0 Å². The van der Waals surface area contributed by atoms with Crippen LogP contribution in [0, 0.1) is 0 Å². The Kier molecular flexibility index (Phi) is 5.13. The zero-order valence-electron chi connectivity index (χ0n) is 12.5. The molecule has 23 heavy (non-hydrogen) atoms. The summed E-state index contributed by atoms with van der Waals surface area (Å²) in [5.74, 6) is -0.812. The molecule has 120 valence electrons. The second-order valence-electron chi connectivity index (χ2n) is 4.68. The Morgan fingerprint density at radius 1 is 1.43 bits per heavy atom. The minimum Gasteiger partial charge on any atom is -0.504 e. The van der Waals surface area contributed by atoms with Crippen LogP contribution in [0.1, 0.15) is 12.5 Å². The van der Waals surface area contributed by atoms with Crippen LogP contribution in [0.15, 0.2) is 36.4 Å². The summed E-state index contributed by atoms with van der Waals surface area (Å²) in [6.07, 6.45) is 2.91. The number of hydrogen-bond donors (Lipinski definition) is 2. The van der Waals surface area contributed by atoms with Crippen LogP contribution in [-0.2, 0) is 9.59 Å². The van der Waals surface area contributed by atoms with Gasteiger partial charge in [-0.05, 0) is 42.9 Å². The number of phenolic OH excluding ortho intramolecular Hbond substituents is 1. The highest BCUT2D eigenvalue weighted by molar-refractivity contribution is 7.80. The fourth-order valence-electron chi connectivity index (χ4n) is 2.06. The van der Waals surface area contributed by atoms with Crippen molar-refractivity contribution in [3.05, 3.63) is 42.0 Å². The zero-order valence-corrected chi connectivity index (χ0v) is 13.4. The lowest BCUT2D eigenvalue weighted by Crippen LogP contribution is -2.53. The number of thiocarbonyl (C=S) groups is 1. The van der Waals surface area contributed by atoms with Crippen LogP contribution in [0.2, 0.25) is 0 Å². The Morgan fingerprint density at radius 2 is 2.17 bits per heavy atom. The first-order valence-corrected chi connectivity index (χ1v) is 7.34. The largest absolute Gasteiger partial charge is 0.504 e. The second-order valence-corrected chi connectivity index (χ2v) is 5.07. The Bertz CT molecular complexity index is 712. The molecule has 0 saturated carbocycles. The number of rotatable bonds is 5. The summed E-state index contributed by atoms with van der Waals surface area (Å²) < 4.78 is 5.23. The van der Waals surface area contributed by atoms with Crippen LogP contribution in [-0.4, -0.2) is 40.1 Å². The van der Waals surface area contributed by atoms with E-state index in [4.69, 9.17) is 17.0 Å². The first-order valence-electron chi connectivity index (χ1n) is 6.93. The lowest BCUT2D eigenvalue weighted by Gasteiger charge is -2.27. The molecule has 0 unspecified atom stereocenters. The molecule has 0 aromatic heterocycles. The number of benzene rings is 1. The minimum absolute atomic E-state index is 0.0478.